The zero-order chi connectivity index (χ0) is 28.1. The molecule has 0 saturated carbocycles. The van der Waals surface area contributed by atoms with E-state index in [1.54, 1.807) is 24.7 Å². The number of likely N-dealkylation sites (tertiary alicyclic amines) is 1. The fourth-order valence-corrected chi connectivity index (χ4v) is 5.62. The summed E-state index contributed by atoms with van der Waals surface area (Å²) in [5, 5.41) is 9.99. The van der Waals surface area contributed by atoms with Crippen molar-refractivity contribution in [3.63, 3.8) is 0 Å². The number of carbonyl (C=O) groups excluding carboxylic acids is 2. The zero-order valence-electron chi connectivity index (χ0n) is 22.1. The molecule has 3 N–H and O–H groups in total. The Kier molecular flexibility index (Phi) is 7.87. The number of aromatic amines is 1. The molecule has 0 aliphatic carbocycles. The van der Waals surface area contributed by atoms with Crippen LogP contribution in [0.15, 0.2) is 55.1 Å². The number of hydrogen-bond acceptors (Lipinski definition) is 7. The third-order valence-electron chi connectivity index (χ3n) is 7.58. The summed E-state index contributed by atoms with van der Waals surface area (Å²) >= 11 is 0. The molecule has 6 rings (SSSR count). The number of H-pyrrole nitrogens is 1. The average molecular weight is 546 g/mol. The fraction of sp³-hybridized carbons (Fsp3) is 0.357. The largest absolute Gasteiger partial charge is 0.483 e. The maximum Gasteiger partial charge on any atom is 0.290 e. The monoisotopic (exact) mass is 545 g/mol. The standard InChI is InChI=1S/C27H29N7O3.CH2O2/c1-18-15-21(32-26-30-11-13-34(18)26)24(35)31-16-27-8-2-14-37-22(27)7-12-33(17-27)25(36)20-5-3-19(4-6-20)23-28-9-10-29-23;2-1-3/h3-6,9-11,13,15,22H,2,7-8,12,14,16-17H2,1H3,(H,28,29)(H,31,35);1H,(H,2,3)/t22-,27+;/m1./s1. The van der Waals surface area contributed by atoms with Gasteiger partial charge < -0.3 is 25.0 Å². The highest BCUT2D eigenvalue weighted by atomic mass is 16.5. The Balaban J connectivity index is 0.00000103. The third kappa shape index (κ3) is 5.43. The number of fused-ring (bicyclic) bond motifs is 2. The Morgan fingerprint density at radius 1 is 1.25 bits per heavy atom. The van der Waals surface area contributed by atoms with Gasteiger partial charge in [0.25, 0.3) is 18.3 Å². The number of aryl methyl sites for hydroxylation is 1. The highest BCUT2D eigenvalue weighted by Gasteiger charge is 2.47. The van der Waals surface area contributed by atoms with Gasteiger partial charge in [0.2, 0.25) is 5.78 Å². The molecule has 2 atom stereocenters. The molecule has 2 aliphatic heterocycles. The van der Waals surface area contributed by atoms with Gasteiger partial charge in [-0.1, -0.05) is 12.1 Å². The Morgan fingerprint density at radius 3 is 2.80 bits per heavy atom. The van der Waals surface area contributed by atoms with Crippen molar-refractivity contribution in [2.24, 2.45) is 5.41 Å². The number of amides is 2. The van der Waals surface area contributed by atoms with E-state index in [2.05, 4.69) is 25.3 Å². The number of rotatable bonds is 5. The van der Waals surface area contributed by atoms with Gasteiger partial charge in [-0.3, -0.25) is 18.8 Å². The van der Waals surface area contributed by atoms with E-state index in [4.69, 9.17) is 14.6 Å². The minimum Gasteiger partial charge on any atom is -0.483 e. The maximum atomic E-state index is 13.5. The molecular weight excluding hydrogens is 514 g/mol. The van der Waals surface area contributed by atoms with Crippen LogP contribution in [0.4, 0.5) is 0 Å². The molecule has 0 radical (unpaired) electrons. The third-order valence-corrected chi connectivity index (χ3v) is 7.58. The molecule has 12 heteroatoms. The molecule has 208 valence electrons. The van der Waals surface area contributed by atoms with Crippen LogP contribution < -0.4 is 5.32 Å². The molecule has 12 nitrogen and oxygen atoms in total. The lowest BCUT2D eigenvalue weighted by atomic mass is 9.72. The number of ether oxygens (including phenoxy) is 1. The Bertz CT molecular complexity index is 1480. The lowest BCUT2D eigenvalue weighted by Gasteiger charge is -2.50. The number of piperidine rings is 1. The SMILES string of the molecule is Cc1cc(C(=O)NC[C@]23CCCO[C@@H]2CCN(C(=O)c2ccc(-c4ncc[nH]4)cc2)C3)nc2nccn12.O=CO. The summed E-state index contributed by atoms with van der Waals surface area (Å²) in [5.41, 5.74) is 2.44. The van der Waals surface area contributed by atoms with Crippen LogP contribution in [0.25, 0.3) is 17.2 Å². The van der Waals surface area contributed by atoms with Gasteiger partial charge in [-0.05, 0) is 44.4 Å². The molecule has 0 unspecified atom stereocenters. The predicted molar refractivity (Wildman–Crippen MR) is 145 cm³/mol. The van der Waals surface area contributed by atoms with Gasteiger partial charge in [0.15, 0.2) is 0 Å². The van der Waals surface area contributed by atoms with Gasteiger partial charge in [0.1, 0.15) is 11.5 Å². The molecule has 2 aliphatic rings. The van der Waals surface area contributed by atoms with Gasteiger partial charge in [-0.2, -0.15) is 0 Å². The minimum absolute atomic E-state index is 0.00333. The van der Waals surface area contributed by atoms with Crippen molar-refractivity contribution in [3.8, 4) is 11.4 Å². The van der Waals surface area contributed by atoms with Crippen molar-refractivity contribution in [1.29, 1.82) is 0 Å². The van der Waals surface area contributed by atoms with Crippen LogP contribution in [-0.4, -0.2) is 85.0 Å². The molecule has 3 aromatic heterocycles. The van der Waals surface area contributed by atoms with E-state index in [-0.39, 0.29) is 29.8 Å². The smallest absolute Gasteiger partial charge is 0.290 e. The van der Waals surface area contributed by atoms with Crippen LogP contribution in [0, 0.1) is 12.3 Å². The first kappa shape index (κ1) is 27.0. The summed E-state index contributed by atoms with van der Waals surface area (Å²) in [6, 6.07) is 9.27. The second-order valence-electron chi connectivity index (χ2n) is 10.0. The van der Waals surface area contributed by atoms with Crippen LogP contribution in [0.5, 0.6) is 0 Å². The second kappa shape index (κ2) is 11.7. The summed E-state index contributed by atoms with van der Waals surface area (Å²) in [5.74, 6) is 1.01. The molecule has 1 aromatic carbocycles. The van der Waals surface area contributed by atoms with E-state index in [1.807, 2.05) is 46.7 Å². The number of nitrogens with one attached hydrogen (secondary N) is 2. The first-order valence-corrected chi connectivity index (χ1v) is 13.1. The molecule has 2 amide bonds. The number of carbonyl (C=O) groups is 3. The molecule has 4 aromatic rings. The van der Waals surface area contributed by atoms with Crippen LogP contribution >= 0.6 is 0 Å². The van der Waals surface area contributed by atoms with Crippen molar-refractivity contribution in [3.05, 3.63) is 72.1 Å². The van der Waals surface area contributed by atoms with E-state index in [0.29, 0.717) is 43.3 Å². The van der Waals surface area contributed by atoms with E-state index < -0.39 is 0 Å². The Labute approximate surface area is 230 Å². The van der Waals surface area contributed by atoms with Crippen molar-refractivity contribution in [2.45, 2.75) is 32.3 Å². The first-order chi connectivity index (χ1) is 19.4. The van der Waals surface area contributed by atoms with Crippen molar-refractivity contribution in [1.82, 2.24) is 34.6 Å². The minimum atomic E-state index is -0.345. The molecule has 2 saturated heterocycles. The maximum absolute atomic E-state index is 13.5. The lowest BCUT2D eigenvalue weighted by molar-refractivity contribution is -0.122. The molecule has 40 heavy (non-hydrogen) atoms. The summed E-state index contributed by atoms with van der Waals surface area (Å²) in [6.07, 6.45) is 9.47. The van der Waals surface area contributed by atoms with Crippen LogP contribution in [0.3, 0.4) is 0 Å². The van der Waals surface area contributed by atoms with Crippen molar-refractivity contribution in [2.75, 3.05) is 26.2 Å². The zero-order valence-corrected chi connectivity index (χ0v) is 22.1. The van der Waals surface area contributed by atoms with Crippen LogP contribution in [0.1, 0.15) is 45.8 Å². The topological polar surface area (TPSA) is 155 Å². The van der Waals surface area contributed by atoms with E-state index in [0.717, 1.165) is 36.3 Å². The number of hydrogen-bond donors (Lipinski definition) is 3. The van der Waals surface area contributed by atoms with Gasteiger partial charge >= 0.3 is 0 Å². The average Bonchev–Trinajstić information content (AvgIpc) is 3.69. The summed E-state index contributed by atoms with van der Waals surface area (Å²) in [6.45, 7) is 3.94. The van der Waals surface area contributed by atoms with Gasteiger partial charge in [0.05, 0.1) is 6.10 Å². The van der Waals surface area contributed by atoms with E-state index in [1.165, 1.54) is 0 Å². The quantitative estimate of drug-likeness (QED) is 0.323. The van der Waals surface area contributed by atoms with Crippen LogP contribution in [0.2, 0.25) is 0 Å². The molecule has 0 bridgehead atoms. The number of imidazole rings is 2. The van der Waals surface area contributed by atoms with Crippen LogP contribution in [-0.2, 0) is 9.53 Å². The van der Waals surface area contributed by atoms with E-state index >= 15 is 0 Å². The number of benzene rings is 1. The Hall–Kier alpha value is -4.58. The molecule has 5 heterocycles. The Morgan fingerprint density at radius 2 is 2.05 bits per heavy atom. The number of nitrogens with zero attached hydrogens (tertiary/aromatic N) is 5. The lowest BCUT2D eigenvalue weighted by Crippen LogP contribution is -2.60. The highest BCUT2D eigenvalue weighted by Crippen LogP contribution is 2.40. The fourth-order valence-electron chi connectivity index (χ4n) is 5.62. The highest BCUT2D eigenvalue weighted by molar-refractivity contribution is 5.95. The van der Waals surface area contributed by atoms with E-state index in [9.17, 15) is 9.59 Å². The predicted octanol–water partition coefficient (Wildman–Crippen LogP) is 2.57. The second-order valence-corrected chi connectivity index (χ2v) is 10.0. The molecule has 0 spiro atoms. The van der Waals surface area contributed by atoms with Gasteiger partial charge in [0, 0.05) is 73.3 Å². The number of carboxylic acid groups (broad SMARTS) is 1. The van der Waals surface area contributed by atoms with Crippen molar-refractivity contribution < 1.29 is 24.2 Å². The summed E-state index contributed by atoms with van der Waals surface area (Å²) < 4.78 is 7.99. The molecule has 2 fully saturated rings. The molecular formula is C28H31N7O5. The summed E-state index contributed by atoms with van der Waals surface area (Å²) in [7, 11) is 0. The number of aromatic nitrogens is 5. The van der Waals surface area contributed by atoms with Crippen molar-refractivity contribution >= 4 is 24.1 Å². The van der Waals surface area contributed by atoms with Gasteiger partial charge in [-0.25, -0.2) is 15.0 Å². The first-order valence-electron chi connectivity index (χ1n) is 13.1. The summed E-state index contributed by atoms with van der Waals surface area (Å²) in [4.78, 5) is 52.8. The normalized spacial score (nSPS) is 20.2. The van der Waals surface area contributed by atoms with Gasteiger partial charge in [-0.15, -0.1) is 0 Å².